The Kier molecular flexibility index (Phi) is 4.70. The standard InChI is InChI=1S/C32H27NO/c1-32(2,3)26-18-11-17-25-29-24-16-8-7-14-22(24)20-28(31(29)34-30(25)26)33-27-19-10-9-15-23(27)21-12-5-4-6-13-21/h4-20,33H,1-3H3. The predicted octanol–water partition coefficient (Wildman–Crippen LogP) is 9.45. The molecule has 1 N–H and O–H groups in total. The maximum atomic E-state index is 6.70. The highest BCUT2D eigenvalue weighted by Gasteiger charge is 2.23. The van der Waals surface area contributed by atoms with Crippen LogP contribution in [0.3, 0.4) is 0 Å². The van der Waals surface area contributed by atoms with Crippen LogP contribution in [0.25, 0.3) is 43.8 Å². The summed E-state index contributed by atoms with van der Waals surface area (Å²) in [5.74, 6) is 0. The van der Waals surface area contributed by atoms with Crippen molar-refractivity contribution in [2.75, 3.05) is 5.32 Å². The van der Waals surface area contributed by atoms with Crippen LogP contribution in [0.4, 0.5) is 11.4 Å². The highest BCUT2D eigenvalue weighted by atomic mass is 16.3. The summed E-state index contributed by atoms with van der Waals surface area (Å²) in [6, 6.07) is 36.2. The van der Waals surface area contributed by atoms with Crippen molar-refractivity contribution in [1.29, 1.82) is 0 Å². The first-order valence-corrected chi connectivity index (χ1v) is 11.8. The van der Waals surface area contributed by atoms with Gasteiger partial charge in [0, 0.05) is 27.6 Å². The van der Waals surface area contributed by atoms with Crippen molar-refractivity contribution in [1.82, 2.24) is 0 Å². The van der Waals surface area contributed by atoms with Gasteiger partial charge >= 0.3 is 0 Å². The molecular formula is C32H27NO. The van der Waals surface area contributed by atoms with E-state index in [0.717, 1.165) is 28.1 Å². The van der Waals surface area contributed by atoms with Gasteiger partial charge in [-0.15, -0.1) is 0 Å². The van der Waals surface area contributed by atoms with E-state index in [-0.39, 0.29) is 5.41 Å². The molecule has 2 nitrogen and oxygen atoms in total. The Morgan fingerprint density at radius 1 is 0.618 bits per heavy atom. The van der Waals surface area contributed by atoms with Crippen LogP contribution >= 0.6 is 0 Å². The number of benzene rings is 5. The first-order chi connectivity index (χ1) is 16.5. The van der Waals surface area contributed by atoms with Crippen LogP contribution in [0, 0.1) is 0 Å². The molecule has 0 radical (unpaired) electrons. The molecule has 0 saturated heterocycles. The maximum Gasteiger partial charge on any atom is 0.159 e. The van der Waals surface area contributed by atoms with Gasteiger partial charge in [0.15, 0.2) is 5.58 Å². The monoisotopic (exact) mass is 441 g/mol. The summed E-state index contributed by atoms with van der Waals surface area (Å²) in [6.45, 7) is 6.72. The fourth-order valence-corrected chi connectivity index (χ4v) is 4.94. The summed E-state index contributed by atoms with van der Waals surface area (Å²) >= 11 is 0. The van der Waals surface area contributed by atoms with Crippen LogP contribution in [-0.2, 0) is 5.41 Å². The molecule has 0 saturated carbocycles. The van der Waals surface area contributed by atoms with Crippen LogP contribution in [-0.4, -0.2) is 0 Å². The Balaban J connectivity index is 1.64. The molecule has 0 aliphatic carbocycles. The molecule has 166 valence electrons. The van der Waals surface area contributed by atoms with Gasteiger partial charge in [-0.2, -0.15) is 0 Å². The van der Waals surface area contributed by atoms with Crippen molar-refractivity contribution in [3.63, 3.8) is 0 Å². The Bertz CT molecular complexity index is 1650. The van der Waals surface area contributed by atoms with E-state index in [1.165, 1.54) is 32.7 Å². The van der Waals surface area contributed by atoms with Crippen LogP contribution in [0.5, 0.6) is 0 Å². The van der Waals surface area contributed by atoms with Crippen LogP contribution in [0.2, 0.25) is 0 Å². The summed E-state index contributed by atoms with van der Waals surface area (Å²) in [5, 5.41) is 8.47. The molecule has 0 aliphatic heterocycles. The largest absolute Gasteiger partial charge is 0.454 e. The fraction of sp³-hybridized carbons (Fsp3) is 0.125. The van der Waals surface area contributed by atoms with Gasteiger partial charge < -0.3 is 9.73 Å². The summed E-state index contributed by atoms with van der Waals surface area (Å²) in [7, 11) is 0. The molecule has 2 heteroatoms. The predicted molar refractivity (Wildman–Crippen MR) is 145 cm³/mol. The molecule has 0 aliphatic rings. The van der Waals surface area contributed by atoms with E-state index in [2.05, 4.69) is 123 Å². The van der Waals surface area contributed by atoms with E-state index in [1.807, 2.05) is 6.07 Å². The van der Waals surface area contributed by atoms with Crippen molar-refractivity contribution < 1.29 is 4.42 Å². The molecule has 34 heavy (non-hydrogen) atoms. The summed E-state index contributed by atoms with van der Waals surface area (Å²) in [4.78, 5) is 0. The number of fused-ring (bicyclic) bond motifs is 5. The smallest absolute Gasteiger partial charge is 0.159 e. The molecule has 6 rings (SSSR count). The summed E-state index contributed by atoms with van der Waals surface area (Å²) < 4.78 is 6.70. The number of para-hydroxylation sites is 2. The van der Waals surface area contributed by atoms with Crippen LogP contribution < -0.4 is 5.32 Å². The Labute approximate surface area is 199 Å². The third-order valence-electron chi connectivity index (χ3n) is 6.58. The van der Waals surface area contributed by atoms with Crippen molar-refractivity contribution in [3.05, 3.63) is 109 Å². The number of anilines is 2. The summed E-state index contributed by atoms with van der Waals surface area (Å²) in [5.41, 5.74) is 7.46. The van der Waals surface area contributed by atoms with Crippen molar-refractivity contribution in [3.8, 4) is 11.1 Å². The van der Waals surface area contributed by atoms with Crippen LogP contribution in [0.1, 0.15) is 26.3 Å². The highest BCUT2D eigenvalue weighted by molar-refractivity contribution is 6.22. The average molecular weight is 442 g/mol. The topological polar surface area (TPSA) is 25.2 Å². The van der Waals surface area contributed by atoms with Gasteiger partial charge in [0.1, 0.15) is 5.58 Å². The van der Waals surface area contributed by atoms with Gasteiger partial charge in [0.2, 0.25) is 0 Å². The molecule has 0 amide bonds. The molecule has 0 bridgehead atoms. The van der Waals surface area contributed by atoms with Gasteiger partial charge in [-0.05, 0) is 33.9 Å². The lowest BCUT2D eigenvalue weighted by Crippen LogP contribution is -2.10. The van der Waals surface area contributed by atoms with E-state index < -0.39 is 0 Å². The molecule has 0 atom stereocenters. The number of hydrogen-bond donors (Lipinski definition) is 1. The first-order valence-electron chi connectivity index (χ1n) is 11.8. The zero-order valence-corrected chi connectivity index (χ0v) is 19.7. The maximum absolute atomic E-state index is 6.70. The van der Waals surface area contributed by atoms with E-state index >= 15 is 0 Å². The molecule has 1 heterocycles. The minimum Gasteiger partial charge on any atom is -0.454 e. The zero-order chi connectivity index (χ0) is 23.3. The van der Waals surface area contributed by atoms with Crippen molar-refractivity contribution >= 4 is 44.1 Å². The number of rotatable bonds is 3. The minimum atomic E-state index is -0.0172. The SMILES string of the molecule is CC(C)(C)c1cccc2c1oc1c(Nc3ccccc3-c3ccccc3)cc3ccccc3c12. The molecule has 0 fully saturated rings. The van der Waals surface area contributed by atoms with E-state index in [1.54, 1.807) is 0 Å². The fourth-order valence-electron chi connectivity index (χ4n) is 4.94. The average Bonchev–Trinajstić information content (AvgIpc) is 3.25. The van der Waals surface area contributed by atoms with Gasteiger partial charge in [0.25, 0.3) is 0 Å². The first kappa shape index (κ1) is 20.6. The van der Waals surface area contributed by atoms with E-state index in [9.17, 15) is 0 Å². The second-order valence-electron chi connectivity index (χ2n) is 9.92. The quantitative estimate of drug-likeness (QED) is 0.296. The summed E-state index contributed by atoms with van der Waals surface area (Å²) in [6.07, 6.45) is 0. The van der Waals surface area contributed by atoms with Gasteiger partial charge in [0.05, 0.1) is 5.69 Å². The lowest BCUT2D eigenvalue weighted by Gasteiger charge is -2.18. The van der Waals surface area contributed by atoms with Gasteiger partial charge in [-0.1, -0.05) is 112 Å². The number of furan rings is 1. The van der Waals surface area contributed by atoms with E-state index in [0.29, 0.717) is 0 Å². The van der Waals surface area contributed by atoms with Crippen LogP contribution in [0.15, 0.2) is 108 Å². The van der Waals surface area contributed by atoms with Crippen molar-refractivity contribution in [2.45, 2.75) is 26.2 Å². The second-order valence-corrected chi connectivity index (χ2v) is 9.92. The molecule has 5 aromatic carbocycles. The lowest BCUT2D eigenvalue weighted by molar-refractivity contribution is 0.573. The molecule has 0 unspecified atom stereocenters. The molecular weight excluding hydrogens is 414 g/mol. The Morgan fingerprint density at radius 2 is 1.32 bits per heavy atom. The lowest BCUT2D eigenvalue weighted by atomic mass is 9.86. The normalized spacial score (nSPS) is 12.0. The Hall–Kier alpha value is -4.04. The number of nitrogens with one attached hydrogen (secondary N) is 1. The minimum absolute atomic E-state index is 0.0172. The van der Waals surface area contributed by atoms with Gasteiger partial charge in [-0.3, -0.25) is 0 Å². The molecule has 6 aromatic rings. The van der Waals surface area contributed by atoms with Gasteiger partial charge in [-0.25, -0.2) is 0 Å². The second kappa shape index (κ2) is 7.78. The molecule has 0 spiro atoms. The molecule has 1 aromatic heterocycles. The third kappa shape index (κ3) is 3.34. The zero-order valence-electron chi connectivity index (χ0n) is 19.7. The Morgan fingerprint density at radius 3 is 2.15 bits per heavy atom. The van der Waals surface area contributed by atoms with Crippen molar-refractivity contribution in [2.24, 2.45) is 0 Å². The van der Waals surface area contributed by atoms with E-state index in [4.69, 9.17) is 4.42 Å². The highest BCUT2D eigenvalue weighted by Crippen LogP contribution is 2.43. The third-order valence-corrected chi connectivity index (χ3v) is 6.58. The number of hydrogen-bond acceptors (Lipinski definition) is 2.